The van der Waals surface area contributed by atoms with E-state index in [1.807, 2.05) is 0 Å². The fourth-order valence-electron chi connectivity index (χ4n) is 3.61. The minimum absolute atomic E-state index is 0.134. The van der Waals surface area contributed by atoms with E-state index in [1.54, 1.807) is 0 Å². The van der Waals surface area contributed by atoms with Crippen LogP contribution in [0.1, 0.15) is 58.8 Å². The highest BCUT2D eigenvalue weighted by atomic mass is 16.1. The zero-order valence-electron chi connectivity index (χ0n) is 11.9. The molecule has 2 saturated carbocycles. The number of rotatable bonds is 4. The van der Waals surface area contributed by atoms with Crippen molar-refractivity contribution in [3.8, 4) is 0 Å². The van der Waals surface area contributed by atoms with Gasteiger partial charge in [0.15, 0.2) is 0 Å². The third-order valence-electron chi connectivity index (χ3n) is 5.16. The molecule has 3 atom stereocenters. The Kier molecular flexibility index (Phi) is 4.31. The molecular weight excluding hydrogens is 224 g/mol. The largest absolute Gasteiger partial charge is 0.353 e. The van der Waals surface area contributed by atoms with Crippen molar-refractivity contribution in [2.75, 3.05) is 6.54 Å². The lowest BCUT2D eigenvalue weighted by Gasteiger charge is -2.41. The molecule has 2 aliphatic carbocycles. The Labute approximate surface area is 111 Å². The number of hydrogen-bond donors (Lipinski definition) is 2. The first-order valence-electron chi connectivity index (χ1n) is 7.54. The predicted octanol–water partition coefficient (Wildman–Crippen LogP) is 2.45. The standard InChI is InChI=1S/C15H28N2O/c1-11-4-5-13(12(2)8-11)17-14(18)9-15(10-16)6-3-7-15/h11-13H,3-10,16H2,1-2H3,(H,17,18). The molecule has 1 amide bonds. The number of carbonyl (C=O) groups is 1. The maximum absolute atomic E-state index is 12.1. The predicted molar refractivity (Wildman–Crippen MR) is 74.1 cm³/mol. The number of amides is 1. The average molecular weight is 252 g/mol. The normalized spacial score (nSPS) is 34.7. The zero-order valence-corrected chi connectivity index (χ0v) is 11.9. The van der Waals surface area contributed by atoms with Gasteiger partial charge in [0, 0.05) is 12.5 Å². The Bertz CT molecular complexity index is 293. The molecule has 0 saturated heterocycles. The number of nitrogens with two attached hydrogens (primary N) is 1. The molecule has 3 heteroatoms. The van der Waals surface area contributed by atoms with Gasteiger partial charge in [-0.05, 0) is 55.9 Å². The molecule has 0 aromatic heterocycles. The Morgan fingerprint density at radius 3 is 2.56 bits per heavy atom. The van der Waals surface area contributed by atoms with Gasteiger partial charge < -0.3 is 11.1 Å². The van der Waals surface area contributed by atoms with Crippen LogP contribution < -0.4 is 11.1 Å². The van der Waals surface area contributed by atoms with E-state index in [-0.39, 0.29) is 11.3 Å². The lowest BCUT2D eigenvalue weighted by Crippen LogP contribution is -2.47. The molecule has 3 N–H and O–H groups in total. The molecule has 0 bridgehead atoms. The zero-order chi connectivity index (χ0) is 13.2. The van der Waals surface area contributed by atoms with E-state index in [4.69, 9.17) is 5.73 Å². The van der Waals surface area contributed by atoms with E-state index < -0.39 is 0 Å². The van der Waals surface area contributed by atoms with Gasteiger partial charge in [-0.25, -0.2) is 0 Å². The molecule has 18 heavy (non-hydrogen) atoms. The van der Waals surface area contributed by atoms with Crippen molar-refractivity contribution in [3.63, 3.8) is 0 Å². The summed E-state index contributed by atoms with van der Waals surface area (Å²) in [6, 6.07) is 0.392. The lowest BCUT2D eigenvalue weighted by molar-refractivity contribution is -0.126. The summed E-state index contributed by atoms with van der Waals surface area (Å²) < 4.78 is 0. The van der Waals surface area contributed by atoms with Crippen LogP contribution in [0.4, 0.5) is 0 Å². The minimum Gasteiger partial charge on any atom is -0.353 e. The summed E-state index contributed by atoms with van der Waals surface area (Å²) in [5, 5.41) is 3.25. The molecule has 0 heterocycles. The summed E-state index contributed by atoms with van der Waals surface area (Å²) in [5.41, 5.74) is 5.95. The topological polar surface area (TPSA) is 55.1 Å². The van der Waals surface area contributed by atoms with Gasteiger partial charge in [0.2, 0.25) is 5.91 Å². The molecule has 0 radical (unpaired) electrons. The number of hydrogen-bond acceptors (Lipinski definition) is 2. The van der Waals surface area contributed by atoms with E-state index >= 15 is 0 Å². The van der Waals surface area contributed by atoms with Gasteiger partial charge in [0.1, 0.15) is 0 Å². The van der Waals surface area contributed by atoms with Crippen molar-refractivity contribution >= 4 is 5.91 Å². The van der Waals surface area contributed by atoms with Crippen molar-refractivity contribution in [1.82, 2.24) is 5.32 Å². The molecule has 2 rings (SSSR count). The van der Waals surface area contributed by atoms with Crippen LogP contribution in [-0.2, 0) is 4.79 Å². The van der Waals surface area contributed by atoms with Crippen LogP contribution in [0.25, 0.3) is 0 Å². The van der Waals surface area contributed by atoms with Gasteiger partial charge in [-0.15, -0.1) is 0 Å². The summed E-state index contributed by atoms with van der Waals surface area (Å²) in [5.74, 6) is 1.66. The second-order valence-corrected chi connectivity index (χ2v) is 6.80. The van der Waals surface area contributed by atoms with Crippen LogP contribution in [0.5, 0.6) is 0 Å². The molecule has 3 nitrogen and oxygen atoms in total. The van der Waals surface area contributed by atoms with Gasteiger partial charge in [0.05, 0.1) is 0 Å². The van der Waals surface area contributed by atoms with E-state index in [2.05, 4.69) is 19.2 Å². The Morgan fingerprint density at radius 1 is 1.33 bits per heavy atom. The van der Waals surface area contributed by atoms with Crippen LogP contribution in [0.3, 0.4) is 0 Å². The van der Waals surface area contributed by atoms with Gasteiger partial charge in [-0.3, -0.25) is 4.79 Å². The van der Waals surface area contributed by atoms with E-state index in [1.165, 1.54) is 19.3 Å². The van der Waals surface area contributed by atoms with Gasteiger partial charge in [-0.2, -0.15) is 0 Å². The first-order chi connectivity index (χ1) is 8.54. The minimum atomic E-state index is 0.134. The SMILES string of the molecule is CC1CCC(NC(=O)CC2(CN)CCC2)C(C)C1. The van der Waals surface area contributed by atoms with Crippen molar-refractivity contribution < 1.29 is 4.79 Å². The van der Waals surface area contributed by atoms with Crippen molar-refractivity contribution in [1.29, 1.82) is 0 Å². The molecule has 3 unspecified atom stereocenters. The molecule has 0 aliphatic heterocycles. The van der Waals surface area contributed by atoms with Crippen LogP contribution in [0.15, 0.2) is 0 Å². The molecule has 2 fully saturated rings. The fourth-order valence-corrected chi connectivity index (χ4v) is 3.61. The van der Waals surface area contributed by atoms with E-state index in [9.17, 15) is 4.79 Å². The summed E-state index contributed by atoms with van der Waals surface area (Å²) in [4.78, 5) is 12.1. The molecule has 0 spiro atoms. The van der Waals surface area contributed by atoms with Crippen LogP contribution in [-0.4, -0.2) is 18.5 Å². The first kappa shape index (κ1) is 13.9. The molecule has 0 aromatic rings. The van der Waals surface area contributed by atoms with Crippen LogP contribution in [0.2, 0.25) is 0 Å². The van der Waals surface area contributed by atoms with Gasteiger partial charge in [0.25, 0.3) is 0 Å². The summed E-state index contributed by atoms with van der Waals surface area (Å²) in [7, 11) is 0. The van der Waals surface area contributed by atoms with E-state index in [0.29, 0.717) is 24.9 Å². The third kappa shape index (κ3) is 3.05. The highest BCUT2D eigenvalue weighted by molar-refractivity contribution is 5.77. The van der Waals surface area contributed by atoms with Crippen molar-refractivity contribution in [2.24, 2.45) is 23.0 Å². The summed E-state index contributed by atoms with van der Waals surface area (Å²) >= 11 is 0. The highest BCUT2D eigenvalue weighted by Crippen LogP contribution is 2.43. The highest BCUT2D eigenvalue weighted by Gasteiger charge is 2.38. The summed E-state index contributed by atoms with van der Waals surface area (Å²) in [6.07, 6.45) is 7.78. The van der Waals surface area contributed by atoms with Crippen molar-refractivity contribution in [2.45, 2.75) is 64.8 Å². The Balaban J connectivity index is 1.80. The third-order valence-corrected chi connectivity index (χ3v) is 5.16. The Morgan fingerprint density at radius 2 is 2.06 bits per heavy atom. The number of nitrogens with one attached hydrogen (secondary N) is 1. The quantitative estimate of drug-likeness (QED) is 0.807. The van der Waals surface area contributed by atoms with Crippen LogP contribution in [0, 0.1) is 17.3 Å². The lowest BCUT2D eigenvalue weighted by atomic mass is 9.66. The van der Waals surface area contributed by atoms with Crippen molar-refractivity contribution in [3.05, 3.63) is 0 Å². The average Bonchev–Trinajstić information content (AvgIpc) is 2.27. The van der Waals surface area contributed by atoms with Gasteiger partial charge >= 0.3 is 0 Å². The van der Waals surface area contributed by atoms with E-state index in [0.717, 1.165) is 25.2 Å². The Hall–Kier alpha value is -0.570. The molecule has 2 aliphatic rings. The number of carbonyl (C=O) groups excluding carboxylic acids is 1. The van der Waals surface area contributed by atoms with Crippen LogP contribution >= 0.6 is 0 Å². The molecule has 0 aromatic carbocycles. The maximum Gasteiger partial charge on any atom is 0.220 e. The van der Waals surface area contributed by atoms with Gasteiger partial charge in [-0.1, -0.05) is 20.3 Å². The fraction of sp³-hybridized carbons (Fsp3) is 0.933. The first-order valence-corrected chi connectivity index (χ1v) is 7.54. The molecular formula is C15H28N2O. The summed E-state index contributed by atoms with van der Waals surface area (Å²) in [6.45, 7) is 5.24. The molecule has 104 valence electrons. The monoisotopic (exact) mass is 252 g/mol. The smallest absolute Gasteiger partial charge is 0.220 e. The second-order valence-electron chi connectivity index (χ2n) is 6.80. The second kappa shape index (κ2) is 5.60. The maximum atomic E-state index is 12.1.